The van der Waals surface area contributed by atoms with Gasteiger partial charge in [-0.05, 0) is 36.6 Å². The van der Waals surface area contributed by atoms with E-state index < -0.39 is 0 Å². The summed E-state index contributed by atoms with van der Waals surface area (Å²) < 4.78 is 13.0. The van der Waals surface area contributed by atoms with Crippen molar-refractivity contribution in [2.24, 2.45) is 11.7 Å². The molecule has 1 heterocycles. The third-order valence-corrected chi connectivity index (χ3v) is 3.38. The maximum atomic E-state index is 13.0. The Hall–Kier alpha value is -1.68. The zero-order valence-corrected chi connectivity index (χ0v) is 10.9. The highest BCUT2D eigenvalue weighted by Crippen LogP contribution is 2.19. The Morgan fingerprint density at radius 2 is 2.37 bits per heavy atom. The molecule has 1 atom stereocenters. The normalized spacial score (nSPS) is 20.2. The predicted molar refractivity (Wildman–Crippen MR) is 73.8 cm³/mol. The Morgan fingerprint density at radius 3 is 3.11 bits per heavy atom. The van der Waals surface area contributed by atoms with Gasteiger partial charge in [0.1, 0.15) is 5.82 Å². The monoisotopic (exact) mass is 262 g/mol. The lowest BCUT2D eigenvalue weighted by Crippen LogP contribution is -2.22. The summed E-state index contributed by atoms with van der Waals surface area (Å²) in [7, 11) is 0. The second-order valence-electron chi connectivity index (χ2n) is 5.04. The molecule has 0 radical (unpaired) electrons. The van der Waals surface area contributed by atoms with Crippen molar-refractivity contribution in [3.8, 4) is 0 Å². The first-order valence-electron chi connectivity index (χ1n) is 6.56. The number of benzene rings is 1. The average molecular weight is 262 g/mol. The molecule has 4 heteroatoms. The number of nitrogens with zero attached hydrogens (tertiary/aromatic N) is 1. The first kappa shape index (κ1) is 13.7. The minimum Gasteiger partial charge on any atom is -0.370 e. The van der Waals surface area contributed by atoms with Gasteiger partial charge < -0.3 is 5.73 Å². The summed E-state index contributed by atoms with van der Waals surface area (Å²) in [6, 6.07) is 6.52. The van der Waals surface area contributed by atoms with Crippen molar-refractivity contribution in [1.29, 1.82) is 0 Å². The van der Waals surface area contributed by atoms with Crippen LogP contribution >= 0.6 is 0 Å². The number of hydrogen-bond acceptors (Lipinski definition) is 2. The number of hydrogen-bond donors (Lipinski definition) is 1. The van der Waals surface area contributed by atoms with Gasteiger partial charge in [-0.25, -0.2) is 4.39 Å². The quantitative estimate of drug-likeness (QED) is 0.882. The topological polar surface area (TPSA) is 46.3 Å². The van der Waals surface area contributed by atoms with Gasteiger partial charge in [-0.2, -0.15) is 0 Å². The maximum absolute atomic E-state index is 13.0. The highest BCUT2D eigenvalue weighted by molar-refractivity contribution is 5.74. The van der Waals surface area contributed by atoms with Crippen LogP contribution in [-0.2, 0) is 4.79 Å². The van der Waals surface area contributed by atoms with Crippen molar-refractivity contribution in [2.45, 2.75) is 12.8 Å². The van der Waals surface area contributed by atoms with E-state index in [1.54, 1.807) is 6.07 Å². The second kappa shape index (κ2) is 6.48. The van der Waals surface area contributed by atoms with E-state index in [0.29, 0.717) is 12.3 Å². The van der Waals surface area contributed by atoms with Gasteiger partial charge >= 0.3 is 0 Å². The lowest BCUT2D eigenvalue weighted by atomic mass is 10.1. The summed E-state index contributed by atoms with van der Waals surface area (Å²) in [6.45, 7) is 2.73. The third kappa shape index (κ3) is 4.48. The molecule has 1 aromatic carbocycles. The molecule has 102 valence electrons. The van der Waals surface area contributed by atoms with Gasteiger partial charge in [-0.15, -0.1) is 0 Å². The largest absolute Gasteiger partial charge is 0.370 e. The zero-order chi connectivity index (χ0) is 13.7. The molecule has 1 amide bonds. The molecule has 0 spiro atoms. The minimum absolute atomic E-state index is 0.218. The maximum Gasteiger partial charge on any atom is 0.217 e. The molecule has 1 aliphatic rings. The van der Waals surface area contributed by atoms with E-state index in [9.17, 15) is 9.18 Å². The van der Waals surface area contributed by atoms with Gasteiger partial charge in [0, 0.05) is 19.5 Å². The Morgan fingerprint density at radius 1 is 1.53 bits per heavy atom. The van der Waals surface area contributed by atoms with E-state index in [4.69, 9.17) is 5.73 Å². The summed E-state index contributed by atoms with van der Waals surface area (Å²) in [4.78, 5) is 13.1. The number of carbonyl (C=O) groups excluding carboxylic acids is 1. The van der Waals surface area contributed by atoms with Crippen LogP contribution in [0.2, 0.25) is 0 Å². The van der Waals surface area contributed by atoms with E-state index in [1.165, 1.54) is 12.1 Å². The van der Waals surface area contributed by atoms with Crippen LogP contribution in [0.15, 0.2) is 30.3 Å². The number of halogens is 1. The van der Waals surface area contributed by atoms with E-state index >= 15 is 0 Å². The predicted octanol–water partition coefficient (Wildman–Crippen LogP) is 2.04. The first-order chi connectivity index (χ1) is 9.13. The molecule has 0 saturated carbocycles. The average Bonchev–Trinajstić information content (AvgIpc) is 2.76. The smallest absolute Gasteiger partial charge is 0.217 e. The van der Waals surface area contributed by atoms with Gasteiger partial charge in [-0.3, -0.25) is 9.69 Å². The molecular formula is C15H19FN2O. The van der Waals surface area contributed by atoms with Crippen LogP contribution in [-0.4, -0.2) is 30.4 Å². The number of amides is 1. The highest BCUT2D eigenvalue weighted by Gasteiger charge is 2.22. The number of rotatable bonds is 5. The Labute approximate surface area is 112 Å². The van der Waals surface area contributed by atoms with Crippen LogP contribution in [0.4, 0.5) is 4.39 Å². The Bertz CT molecular complexity index is 473. The zero-order valence-electron chi connectivity index (χ0n) is 10.9. The number of nitrogens with two attached hydrogens (primary N) is 1. The Balaban J connectivity index is 1.79. The lowest BCUT2D eigenvalue weighted by molar-refractivity contribution is -0.118. The van der Waals surface area contributed by atoms with Crippen molar-refractivity contribution in [1.82, 2.24) is 4.90 Å². The molecule has 2 rings (SSSR count). The molecule has 0 aromatic heterocycles. The van der Waals surface area contributed by atoms with Crippen molar-refractivity contribution in [3.05, 3.63) is 41.7 Å². The van der Waals surface area contributed by atoms with Gasteiger partial charge in [0.15, 0.2) is 0 Å². The molecule has 1 fully saturated rings. The molecule has 19 heavy (non-hydrogen) atoms. The number of carbonyl (C=O) groups is 1. The van der Waals surface area contributed by atoms with Crippen molar-refractivity contribution < 1.29 is 9.18 Å². The molecule has 2 N–H and O–H groups in total. The van der Waals surface area contributed by atoms with E-state index in [2.05, 4.69) is 4.90 Å². The van der Waals surface area contributed by atoms with Gasteiger partial charge in [0.2, 0.25) is 5.91 Å². The SMILES string of the molecule is NC(=O)CC1CCN(C/C=C/c2cccc(F)c2)C1. The van der Waals surface area contributed by atoms with Crippen LogP contribution in [0, 0.1) is 11.7 Å². The number of primary amides is 1. The fraction of sp³-hybridized carbons (Fsp3) is 0.400. The first-order valence-corrected chi connectivity index (χ1v) is 6.56. The molecular weight excluding hydrogens is 243 g/mol. The fourth-order valence-electron chi connectivity index (χ4n) is 2.48. The van der Waals surface area contributed by atoms with E-state index in [1.807, 2.05) is 18.2 Å². The standard InChI is InChI=1S/C15H19FN2O/c16-14-5-1-3-12(9-14)4-2-7-18-8-6-13(11-18)10-15(17)19/h1-5,9,13H,6-8,10-11H2,(H2,17,19)/b4-2+. The molecule has 1 aromatic rings. The number of likely N-dealkylation sites (tertiary alicyclic amines) is 1. The molecule has 0 aliphatic carbocycles. The van der Waals surface area contributed by atoms with Gasteiger partial charge in [-0.1, -0.05) is 24.3 Å². The fourth-order valence-corrected chi connectivity index (χ4v) is 2.48. The van der Waals surface area contributed by atoms with Gasteiger partial charge in [0.05, 0.1) is 0 Å². The van der Waals surface area contributed by atoms with Crippen molar-refractivity contribution in [2.75, 3.05) is 19.6 Å². The van der Waals surface area contributed by atoms with Crippen LogP contribution in [0.3, 0.4) is 0 Å². The summed E-state index contributed by atoms with van der Waals surface area (Å²) in [5, 5.41) is 0. The molecule has 3 nitrogen and oxygen atoms in total. The van der Waals surface area contributed by atoms with Crippen molar-refractivity contribution in [3.63, 3.8) is 0 Å². The summed E-state index contributed by atoms with van der Waals surface area (Å²) in [5.74, 6) is -0.0490. The third-order valence-electron chi connectivity index (χ3n) is 3.38. The van der Waals surface area contributed by atoms with Gasteiger partial charge in [0.25, 0.3) is 0 Å². The summed E-state index contributed by atoms with van der Waals surface area (Å²) in [5.41, 5.74) is 6.07. The summed E-state index contributed by atoms with van der Waals surface area (Å²) in [6.07, 6.45) is 5.45. The van der Waals surface area contributed by atoms with Crippen molar-refractivity contribution >= 4 is 12.0 Å². The molecule has 0 bridgehead atoms. The van der Waals surface area contributed by atoms with Crippen LogP contribution < -0.4 is 5.73 Å². The van der Waals surface area contributed by atoms with Crippen LogP contribution in [0.1, 0.15) is 18.4 Å². The molecule has 1 unspecified atom stereocenters. The second-order valence-corrected chi connectivity index (χ2v) is 5.04. The molecule has 1 aliphatic heterocycles. The van der Waals surface area contributed by atoms with Crippen LogP contribution in [0.5, 0.6) is 0 Å². The van der Waals surface area contributed by atoms with Crippen LogP contribution in [0.25, 0.3) is 6.08 Å². The van der Waals surface area contributed by atoms with E-state index in [-0.39, 0.29) is 11.7 Å². The van der Waals surface area contributed by atoms with E-state index in [0.717, 1.165) is 31.6 Å². The summed E-state index contributed by atoms with van der Waals surface area (Å²) >= 11 is 0. The lowest BCUT2D eigenvalue weighted by Gasteiger charge is -2.12. The molecule has 1 saturated heterocycles. The Kier molecular flexibility index (Phi) is 4.68. The highest BCUT2D eigenvalue weighted by atomic mass is 19.1. The minimum atomic E-state index is -0.220.